The summed E-state index contributed by atoms with van der Waals surface area (Å²) in [5.41, 5.74) is 4.51. The third-order valence-corrected chi connectivity index (χ3v) is 3.80. The van der Waals surface area contributed by atoms with E-state index in [-0.39, 0.29) is 18.0 Å². The van der Waals surface area contributed by atoms with Crippen molar-refractivity contribution in [3.63, 3.8) is 0 Å². The van der Waals surface area contributed by atoms with Gasteiger partial charge in [-0.3, -0.25) is 0 Å². The Morgan fingerprint density at radius 2 is 1.90 bits per heavy atom. The molecule has 0 amide bonds. The molecule has 8 heteroatoms. The first-order valence-electron chi connectivity index (χ1n) is 5.16. The molecular formula is C12H9Cl2F4NS. The second kappa shape index (κ2) is 6.30. The first-order chi connectivity index (χ1) is 8.80. The van der Waals surface area contributed by atoms with Crippen LogP contribution in [0.1, 0.15) is 22.0 Å². The summed E-state index contributed by atoms with van der Waals surface area (Å²) < 4.78 is 51.8. The molecule has 0 bridgehead atoms. The van der Waals surface area contributed by atoms with E-state index in [1.165, 1.54) is 11.3 Å². The monoisotopic (exact) mass is 345 g/mol. The molecule has 2 rings (SSSR count). The number of hydrogen-bond acceptors (Lipinski definition) is 2. The second-order valence-electron chi connectivity index (χ2n) is 3.85. The van der Waals surface area contributed by atoms with Gasteiger partial charge in [0.1, 0.15) is 5.82 Å². The molecule has 2 N–H and O–H groups in total. The van der Waals surface area contributed by atoms with Crippen LogP contribution in [0.5, 0.6) is 0 Å². The molecule has 1 nitrogen and oxygen atoms in total. The summed E-state index contributed by atoms with van der Waals surface area (Å²) in [5.74, 6) is -0.921. The fourth-order valence-corrected chi connectivity index (χ4v) is 2.59. The van der Waals surface area contributed by atoms with E-state index in [4.69, 9.17) is 17.3 Å². The number of rotatable bonds is 2. The van der Waals surface area contributed by atoms with Crippen molar-refractivity contribution in [1.82, 2.24) is 0 Å². The zero-order valence-corrected chi connectivity index (χ0v) is 12.1. The van der Waals surface area contributed by atoms with E-state index in [0.29, 0.717) is 17.0 Å². The van der Waals surface area contributed by atoms with Crippen LogP contribution in [0.25, 0.3) is 0 Å². The zero-order chi connectivity index (χ0) is 14.2. The van der Waals surface area contributed by atoms with Crippen LogP contribution in [0.4, 0.5) is 17.6 Å². The molecule has 0 fully saturated rings. The van der Waals surface area contributed by atoms with Crippen LogP contribution < -0.4 is 5.73 Å². The summed E-state index contributed by atoms with van der Waals surface area (Å²) in [6.45, 7) is 0. The van der Waals surface area contributed by atoms with Crippen molar-refractivity contribution < 1.29 is 17.6 Å². The van der Waals surface area contributed by atoms with Crippen LogP contribution >= 0.6 is 35.3 Å². The van der Waals surface area contributed by atoms with Gasteiger partial charge in [-0.1, -0.05) is 17.7 Å². The Kier molecular flexibility index (Phi) is 5.43. The first-order valence-corrected chi connectivity index (χ1v) is 6.41. The Hall–Kier alpha value is -0.820. The van der Waals surface area contributed by atoms with Gasteiger partial charge in [0.25, 0.3) is 0 Å². The van der Waals surface area contributed by atoms with Gasteiger partial charge in [-0.25, -0.2) is 4.39 Å². The van der Waals surface area contributed by atoms with Crippen LogP contribution in [0, 0.1) is 5.82 Å². The molecular weight excluding hydrogens is 337 g/mol. The summed E-state index contributed by atoms with van der Waals surface area (Å²) in [5, 5.41) is 1.12. The lowest BCUT2D eigenvalue weighted by Crippen LogP contribution is -2.15. The molecule has 0 unspecified atom stereocenters. The van der Waals surface area contributed by atoms with E-state index < -0.39 is 28.6 Å². The smallest absolute Gasteiger partial charge is 0.320 e. The largest absolute Gasteiger partial charge is 0.416 e. The van der Waals surface area contributed by atoms with Crippen molar-refractivity contribution in [3.8, 4) is 0 Å². The predicted molar refractivity (Wildman–Crippen MR) is 74.0 cm³/mol. The molecule has 0 radical (unpaired) electrons. The summed E-state index contributed by atoms with van der Waals surface area (Å²) in [6, 6.07) is 3.60. The van der Waals surface area contributed by atoms with E-state index >= 15 is 0 Å². The highest BCUT2D eigenvalue weighted by atomic mass is 35.5. The minimum atomic E-state index is -4.60. The van der Waals surface area contributed by atoms with Crippen molar-refractivity contribution in [2.75, 3.05) is 0 Å². The molecule has 1 heterocycles. The van der Waals surface area contributed by atoms with Crippen molar-refractivity contribution in [1.29, 1.82) is 0 Å². The van der Waals surface area contributed by atoms with Gasteiger partial charge in [-0.2, -0.15) is 13.2 Å². The fourth-order valence-electron chi connectivity index (χ4n) is 1.62. The molecule has 20 heavy (non-hydrogen) atoms. The Morgan fingerprint density at radius 3 is 2.40 bits per heavy atom. The number of thiophene rings is 1. The topological polar surface area (TPSA) is 26.0 Å². The Bertz CT molecular complexity index is 584. The van der Waals surface area contributed by atoms with Gasteiger partial charge in [0.2, 0.25) is 0 Å². The minimum absolute atomic E-state index is 0. The van der Waals surface area contributed by atoms with Gasteiger partial charge in [0.15, 0.2) is 0 Å². The van der Waals surface area contributed by atoms with Crippen LogP contribution in [-0.4, -0.2) is 0 Å². The van der Waals surface area contributed by atoms with E-state index in [2.05, 4.69) is 0 Å². The molecule has 110 valence electrons. The number of alkyl halides is 3. The second-order valence-corrected chi connectivity index (χ2v) is 5.24. The predicted octanol–water partition coefficient (Wildman–Crippen LogP) is 5.03. The molecule has 1 atom stereocenters. The number of nitrogens with two attached hydrogens (primary N) is 1. The van der Waals surface area contributed by atoms with Crippen LogP contribution in [-0.2, 0) is 6.18 Å². The maximum atomic E-state index is 13.8. The van der Waals surface area contributed by atoms with Gasteiger partial charge in [-0.15, -0.1) is 23.7 Å². The van der Waals surface area contributed by atoms with Crippen molar-refractivity contribution in [2.24, 2.45) is 5.73 Å². The lowest BCUT2D eigenvalue weighted by Gasteiger charge is -2.15. The van der Waals surface area contributed by atoms with Gasteiger partial charge < -0.3 is 5.73 Å². The standard InChI is InChI=1S/C12H8ClF4NS.ClH/c13-8-5-6(12(15,16)17)4-7(10(8)14)11(18)9-2-1-3-19-9;/h1-5,11H,18H2;1H/t11-;/m1./s1. The molecule has 0 saturated carbocycles. The summed E-state index contributed by atoms with van der Waals surface area (Å²) in [7, 11) is 0. The summed E-state index contributed by atoms with van der Waals surface area (Å²) >= 11 is 6.74. The molecule has 0 aliphatic heterocycles. The molecule has 0 spiro atoms. The average molecular weight is 346 g/mol. The molecule has 1 aromatic heterocycles. The SMILES string of the molecule is Cl.N[C@@H](c1cccs1)c1cc(C(F)(F)F)cc(Cl)c1F. The third-order valence-electron chi connectivity index (χ3n) is 2.57. The zero-order valence-electron chi connectivity index (χ0n) is 9.75. The molecule has 0 saturated heterocycles. The van der Waals surface area contributed by atoms with Gasteiger partial charge in [-0.05, 0) is 23.6 Å². The van der Waals surface area contributed by atoms with E-state index in [1.54, 1.807) is 17.5 Å². The molecule has 0 aliphatic rings. The summed E-state index contributed by atoms with van der Waals surface area (Å²) in [6.07, 6.45) is -4.60. The third kappa shape index (κ3) is 3.44. The van der Waals surface area contributed by atoms with Crippen LogP contribution in [0.2, 0.25) is 5.02 Å². The highest BCUT2D eigenvalue weighted by Crippen LogP contribution is 2.36. The van der Waals surface area contributed by atoms with Crippen molar-refractivity contribution in [2.45, 2.75) is 12.2 Å². The number of benzene rings is 1. The Balaban J connectivity index is 0.00000200. The Labute approximate surface area is 127 Å². The van der Waals surface area contributed by atoms with Crippen LogP contribution in [0.3, 0.4) is 0 Å². The lowest BCUT2D eigenvalue weighted by molar-refractivity contribution is -0.137. The Morgan fingerprint density at radius 1 is 1.25 bits per heavy atom. The van der Waals surface area contributed by atoms with Crippen LogP contribution in [0.15, 0.2) is 29.6 Å². The maximum Gasteiger partial charge on any atom is 0.416 e. The fraction of sp³-hybridized carbons (Fsp3) is 0.167. The molecule has 1 aromatic carbocycles. The summed E-state index contributed by atoms with van der Waals surface area (Å²) in [4.78, 5) is 0.564. The van der Waals surface area contributed by atoms with E-state index in [1.807, 2.05) is 0 Å². The number of hydrogen-bond donors (Lipinski definition) is 1. The normalized spacial score (nSPS) is 12.9. The first kappa shape index (κ1) is 17.2. The highest BCUT2D eigenvalue weighted by molar-refractivity contribution is 7.10. The van der Waals surface area contributed by atoms with Gasteiger partial charge in [0.05, 0.1) is 16.6 Å². The van der Waals surface area contributed by atoms with E-state index in [9.17, 15) is 17.6 Å². The molecule has 0 aliphatic carbocycles. The minimum Gasteiger partial charge on any atom is -0.320 e. The maximum absolute atomic E-state index is 13.8. The van der Waals surface area contributed by atoms with Crippen molar-refractivity contribution >= 4 is 35.3 Å². The highest BCUT2D eigenvalue weighted by Gasteiger charge is 2.33. The van der Waals surface area contributed by atoms with E-state index in [0.717, 1.165) is 0 Å². The van der Waals surface area contributed by atoms with Crippen molar-refractivity contribution in [3.05, 3.63) is 56.5 Å². The molecule has 2 aromatic rings. The number of halogens is 6. The van der Waals surface area contributed by atoms with Gasteiger partial charge >= 0.3 is 6.18 Å². The van der Waals surface area contributed by atoms with Gasteiger partial charge in [0, 0.05) is 10.4 Å². The lowest BCUT2D eigenvalue weighted by atomic mass is 10.0. The average Bonchev–Trinajstić information content (AvgIpc) is 2.83. The quantitative estimate of drug-likeness (QED) is 0.759.